The number of benzene rings is 2. The fraction of sp³-hybridized carbons (Fsp3) is 0.316. The number of ether oxygens (including phenoxy) is 3. The number of hydrogen-bond donors (Lipinski definition) is 1. The van der Waals surface area contributed by atoms with Crippen LogP contribution < -0.4 is 14.2 Å². The van der Waals surface area contributed by atoms with Gasteiger partial charge in [-0.05, 0) is 35.4 Å². The first-order valence-corrected chi connectivity index (χ1v) is 7.62. The molecule has 0 radical (unpaired) electrons. The van der Waals surface area contributed by atoms with Crippen molar-refractivity contribution in [2.45, 2.75) is 18.9 Å². The molecule has 1 N–H and O–H groups in total. The SMILES string of the molecule is COc1ccc(C(O)CC(=O)Cc2ccc(OC)c(OC)c2)cc1. The molecule has 0 aliphatic heterocycles. The zero-order valence-electron chi connectivity index (χ0n) is 14.1. The highest BCUT2D eigenvalue weighted by Crippen LogP contribution is 2.28. The van der Waals surface area contributed by atoms with E-state index < -0.39 is 6.10 Å². The summed E-state index contributed by atoms with van der Waals surface area (Å²) in [5, 5.41) is 10.2. The molecule has 0 amide bonds. The topological polar surface area (TPSA) is 65.0 Å². The number of rotatable bonds is 8. The molecule has 5 nitrogen and oxygen atoms in total. The Bertz CT molecular complexity index is 679. The molecule has 128 valence electrons. The zero-order valence-corrected chi connectivity index (χ0v) is 14.1. The lowest BCUT2D eigenvalue weighted by atomic mass is 10.00. The van der Waals surface area contributed by atoms with Gasteiger partial charge in [0.1, 0.15) is 11.5 Å². The number of carbonyl (C=O) groups excluding carboxylic acids is 1. The molecule has 0 bridgehead atoms. The third kappa shape index (κ3) is 4.49. The molecule has 24 heavy (non-hydrogen) atoms. The molecule has 2 rings (SSSR count). The molecule has 5 heteroatoms. The lowest BCUT2D eigenvalue weighted by molar-refractivity contribution is -0.120. The van der Waals surface area contributed by atoms with E-state index in [1.165, 1.54) is 0 Å². The number of ketones is 1. The molecule has 2 aromatic carbocycles. The van der Waals surface area contributed by atoms with Crippen molar-refractivity contribution in [3.63, 3.8) is 0 Å². The molecule has 2 aromatic rings. The first-order valence-electron chi connectivity index (χ1n) is 7.62. The summed E-state index contributed by atoms with van der Waals surface area (Å²) in [5.41, 5.74) is 1.51. The second kappa shape index (κ2) is 8.36. The lowest BCUT2D eigenvalue weighted by Crippen LogP contribution is -2.09. The Labute approximate surface area is 141 Å². The molecule has 0 aromatic heterocycles. The minimum absolute atomic E-state index is 0.0504. The van der Waals surface area contributed by atoms with Crippen LogP contribution in [0.2, 0.25) is 0 Å². The van der Waals surface area contributed by atoms with Crippen molar-refractivity contribution in [1.29, 1.82) is 0 Å². The van der Waals surface area contributed by atoms with Gasteiger partial charge in [0, 0.05) is 12.8 Å². The van der Waals surface area contributed by atoms with Crippen LogP contribution in [0.1, 0.15) is 23.7 Å². The van der Waals surface area contributed by atoms with Crippen molar-refractivity contribution in [3.05, 3.63) is 53.6 Å². The molecular formula is C19H22O5. The van der Waals surface area contributed by atoms with Crippen LogP contribution in [0.25, 0.3) is 0 Å². The summed E-state index contributed by atoms with van der Waals surface area (Å²) in [5.74, 6) is 1.86. The van der Waals surface area contributed by atoms with Crippen LogP contribution in [0.3, 0.4) is 0 Å². The van der Waals surface area contributed by atoms with Crippen molar-refractivity contribution >= 4 is 5.78 Å². The second-order valence-electron chi connectivity index (χ2n) is 5.40. The van der Waals surface area contributed by atoms with E-state index in [4.69, 9.17) is 14.2 Å². The van der Waals surface area contributed by atoms with Crippen LogP contribution in [0, 0.1) is 0 Å². The van der Waals surface area contributed by atoms with Crippen molar-refractivity contribution in [1.82, 2.24) is 0 Å². The molecule has 0 saturated heterocycles. The van der Waals surface area contributed by atoms with E-state index in [1.54, 1.807) is 57.7 Å². The maximum Gasteiger partial charge on any atom is 0.161 e. The van der Waals surface area contributed by atoms with Gasteiger partial charge in [-0.15, -0.1) is 0 Å². The van der Waals surface area contributed by atoms with E-state index >= 15 is 0 Å². The molecule has 0 aliphatic carbocycles. The highest BCUT2D eigenvalue weighted by atomic mass is 16.5. The van der Waals surface area contributed by atoms with Crippen molar-refractivity contribution < 1.29 is 24.1 Å². The summed E-state index contributed by atoms with van der Waals surface area (Å²) in [6, 6.07) is 12.4. The summed E-state index contributed by atoms with van der Waals surface area (Å²) >= 11 is 0. The minimum atomic E-state index is -0.830. The molecule has 1 unspecified atom stereocenters. The quantitative estimate of drug-likeness (QED) is 0.806. The number of carbonyl (C=O) groups is 1. The highest BCUT2D eigenvalue weighted by Gasteiger charge is 2.15. The van der Waals surface area contributed by atoms with E-state index in [9.17, 15) is 9.90 Å². The maximum absolute atomic E-state index is 12.2. The van der Waals surface area contributed by atoms with Gasteiger partial charge < -0.3 is 19.3 Å². The maximum atomic E-state index is 12.2. The summed E-state index contributed by atoms with van der Waals surface area (Å²) in [4.78, 5) is 12.2. The summed E-state index contributed by atoms with van der Waals surface area (Å²) in [6.07, 6.45) is -0.544. The number of aliphatic hydroxyl groups excluding tert-OH is 1. The normalized spacial score (nSPS) is 11.7. The van der Waals surface area contributed by atoms with Crippen LogP contribution in [-0.2, 0) is 11.2 Å². The Morgan fingerprint density at radius 3 is 2.21 bits per heavy atom. The van der Waals surface area contributed by atoms with E-state index in [0.717, 1.165) is 5.56 Å². The molecule has 0 aliphatic rings. The molecule has 0 saturated carbocycles. The van der Waals surface area contributed by atoms with Gasteiger partial charge in [0.2, 0.25) is 0 Å². The lowest BCUT2D eigenvalue weighted by Gasteiger charge is -2.12. The summed E-state index contributed by atoms with van der Waals surface area (Å²) in [6.45, 7) is 0. The highest BCUT2D eigenvalue weighted by molar-refractivity contribution is 5.81. The van der Waals surface area contributed by atoms with Gasteiger partial charge in [0.05, 0.1) is 27.4 Å². The van der Waals surface area contributed by atoms with E-state index in [2.05, 4.69) is 0 Å². The summed E-state index contributed by atoms with van der Waals surface area (Å²) in [7, 11) is 4.70. The Morgan fingerprint density at radius 1 is 0.958 bits per heavy atom. The van der Waals surface area contributed by atoms with Crippen molar-refractivity contribution in [3.8, 4) is 17.2 Å². The van der Waals surface area contributed by atoms with Crippen LogP contribution in [0.5, 0.6) is 17.2 Å². The minimum Gasteiger partial charge on any atom is -0.497 e. The van der Waals surface area contributed by atoms with Crippen LogP contribution in [0.15, 0.2) is 42.5 Å². The van der Waals surface area contributed by atoms with E-state index in [-0.39, 0.29) is 18.6 Å². The number of hydrogen-bond acceptors (Lipinski definition) is 5. The molecule has 0 fully saturated rings. The van der Waals surface area contributed by atoms with Crippen LogP contribution >= 0.6 is 0 Å². The fourth-order valence-electron chi connectivity index (χ4n) is 2.45. The first-order chi connectivity index (χ1) is 11.6. The molecule has 0 heterocycles. The number of methoxy groups -OCH3 is 3. The number of aliphatic hydroxyl groups is 1. The van der Waals surface area contributed by atoms with Gasteiger partial charge in [0.15, 0.2) is 11.5 Å². The Kier molecular flexibility index (Phi) is 6.21. The predicted molar refractivity (Wildman–Crippen MR) is 90.8 cm³/mol. The van der Waals surface area contributed by atoms with E-state index in [0.29, 0.717) is 22.8 Å². The summed E-state index contributed by atoms with van der Waals surface area (Å²) < 4.78 is 15.5. The van der Waals surface area contributed by atoms with Crippen LogP contribution in [-0.4, -0.2) is 32.2 Å². The predicted octanol–water partition coefficient (Wildman–Crippen LogP) is 2.95. The van der Waals surface area contributed by atoms with Gasteiger partial charge in [-0.3, -0.25) is 4.79 Å². The standard InChI is InChI=1S/C19H22O5/c1-22-16-7-5-14(6-8-16)17(21)12-15(20)10-13-4-9-18(23-2)19(11-13)24-3/h4-9,11,17,21H,10,12H2,1-3H3. The molecule has 0 spiro atoms. The number of Topliss-reactive ketones (excluding diaryl/α,β-unsaturated/α-hetero) is 1. The molecular weight excluding hydrogens is 308 g/mol. The Hall–Kier alpha value is -2.53. The monoisotopic (exact) mass is 330 g/mol. The first kappa shape index (κ1) is 17.8. The third-order valence-corrected chi connectivity index (χ3v) is 3.77. The Balaban J connectivity index is 1.99. The van der Waals surface area contributed by atoms with E-state index in [1.807, 2.05) is 6.07 Å². The molecule has 1 atom stereocenters. The van der Waals surface area contributed by atoms with Gasteiger partial charge in [0.25, 0.3) is 0 Å². The van der Waals surface area contributed by atoms with Gasteiger partial charge >= 0.3 is 0 Å². The van der Waals surface area contributed by atoms with Gasteiger partial charge in [-0.25, -0.2) is 0 Å². The Morgan fingerprint density at radius 2 is 1.62 bits per heavy atom. The largest absolute Gasteiger partial charge is 0.497 e. The second-order valence-corrected chi connectivity index (χ2v) is 5.40. The van der Waals surface area contributed by atoms with Gasteiger partial charge in [-0.2, -0.15) is 0 Å². The van der Waals surface area contributed by atoms with Gasteiger partial charge in [-0.1, -0.05) is 18.2 Å². The zero-order chi connectivity index (χ0) is 17.5. The average Bonchev–Trinajstić information content (AvgIpc) is 2.61. The third-order valence-electron chi connectivity index (χ3n) is 3.77. The fourth-order valence-corrected chi connectivity index (χ4v) is 2.45. The average molecular weight is 330 g/mol. The smallest absolute Gasteiger partial charge is 0.161 e. The van der Waals surface area contributed by atoms with Crippen LogP contribution in [0.4, 0.5) is 0 Å². The van der Waals surface area contributed by atoms with Crippen molar-refractivity contribution in [2.75, 3.05) is 21.3 Å². The van der Waals surface area contributed by atoms with Crippen molar-refractivity contribution in [2.24, 2.45) is 0 Å².